The highest BCUT2D eigenvalue weighted by atomic mass is 19.1. The van der Waals surface area contributed by atoms with Gasteiger partial charge in [0.15, 0.2) is 0 Å². The number of fused-ring (bicyclic) bond motifs is 3. The zero-order valence-electron chi connectivity index (χ0n) is 26.2. The number of benzene rings is 2. The number of aliphatic hydroxyl groups excluding tert-OH is 1. The van der Waals surface area contributed by atoms with E-state index in [0.29, 0.717) is 23.3 Å². The molecule has 1 fully saturated rings. The molecule has 1 amide bonds. The van der Waals surface area contributed by atoms with E-state index in [0.717, 1.165) is 59.0 Å². The zero-order valence-corrected chi connectivity index (χ0v) is 26.2. The molecule has 0 unspecified atom stereocenters. The van der Waals surface area contributed by atoms with Crippen LogP contribution in [0, 0.1) is 24.6 Å². The second kappa shape index (κ2) is 12.9. The molecule has 1 aliphatic carbocycles. The van der Waals surface area contributed by atoms with Gasteiger partial charge in [-0.25, -0.2) is 9.37 Å². The molecule has 0 aliphatic heterocycles. The molecule has 236 valence electrons. The number of rotatable bonds is 7. The number of pyridine rings is 2. The van der Waals surface area contributed by atoms with Gasteiger partial charge in [0.05, 0.1) is 29.9 Å². The van der Waals surface area contributed by atoms with Crippen LogP contribution in [0.4, 0.5) is 4.39 Å². The molecule has 9 nitrogen and oxygen atoms in total. The number of imidazole rings is 1. The van der Waals surface area contributed by atoms with Crippen molar-refractivity contribution in [1.82, 2.24) is 24.0 Å². The van der Waals surface area contributed by atoms with Crippen molar-refractivity contribution < 1.29 is 14.3 Å². The van der Waals surface area contributed by atoms with Crippen molar-refractivity contribution in [3.05, 3.63) is 105 Å². The van der Waals surface area contributed by atoms with Crippen LogP contribution in [0.15, 0.2) is 65.6 Å². The van der Waals surface area contributed by atoms with Crippen LogP contribution in [0.3, 0.4) is 0 Å². The second-order valence-electron chi connectivity index (χ2n) is 12.2. The van der Waals surface area contributed by atoms with E-state index >= 15 is 0 Å². The van der Waals surface area contributed by atoms with E-state index in [9.17, 15) is 19.1 Å². The third kappa shape index (κ3) is 5.91. The van der Waals surface area contributed by atoms with E-state index in [1.807, 2.05) is 24.4 Å². The molecule has 3 N–H and O–H groups in total. The van der Waals surface area contributed by atoms with Crippen LogP contribution in [0.25, 0.3) is 21.9 Å². The molecule has 1 saturated carbocycles. The maximum absolute atomic E-state index is 14.1. The van der Waals surface area contributed by atoms with Gasteiger partial charge in [-0.3, -0.25) is 14.6 Å². The van der Waals surface area contributed by atoms with E-state index in [1.165, 1.54) is 28.8 Å². The molecular formula is C36H37FN6O3. The lowest BCUT2D eigenvalue weighted by Crippen LogP contribution is -2.35. The van der Waals surface area contributed by atoms with Crippen molar-refractivity contribution in [1.29, 1.82) is 0 Å². The third-order valence-corrected chi connectivity index (χ3v) is 9.14. The summed E-state index contributed by atoms with van der Waals surface area (Å²) >= 11 is 0. The summed E-state index contributed by atoms with van der Waals surface area (Å²) in [7, 11) is 4.30. The lowest BCUT2D eigenvalue weighted by Gasteiger charge is -2.34. The standard InChI is InChI=1S/C36H37FN6O3/c1-22-40-32-20-39-31-17-10-23(18-30(31)34(32)42(22)28-13-11-26(12-14-28)41(2)3)6-4-9-27-15-16-29(35(38)45)36(46)43(27)33(21-44)24-7-5-8-25(37)19-24/h5,7-8,10,15-20,26,28,33,44H,9,11-14,21H2,1-3H3,(H2,38,45)/t26?,28?,33-/m0/s1. The number of aliphatic hydroxyl groups is 1. The number of hydrogen-bond donors (Lipinski definition) is 2. The molecule has 2 aromatic carbocycles. The fourth-order valence-corrected chi connectivity index (χ4v) is 6.80. The van der Waals surface area contributed by atoms with Gasteiger partial charge in [-0.05, 0) is 94.7 Å². The van der Waals surface area contributed by atoms with Crippen molar-refractivity contribution >= 4 is 27.8 Å². The van der Waals surface area contributed by atoms with Crippen LogP contribution in [-0.4, -0.2) is 61.8 Å². The fourth-order valence-electron chi connectivity index (χ4n) is 6.80. The van der Waals surface area contributed by atoms with Gasteiger partial charge < -0.3 is 24.9 Å². The molecule has 5 aromatic rings. The Hall–Kier alpha value is -4.85. The second-order valence-corrected chi connectivity index (χ2v) is 12.2. The first-order chi connectivity index (χ1) is 22.2. The van der Waals surface area contributed by atoms with E-state index < -0.39 is 29.9 Å². The molecule has 3 heterocycles. The minimum atomic E-state index is -0.935. The molecule has 1 atom stereocenters. The average molecular weight is 621 g/mol. The molecule has 0 bridgehead atoms. The number of carbonyl (C=O) groups excluding carboxylic acids is 1. The number of amides is 1. The molecule has 0 spiro atoms. The van der Waals surface area contributed by atoms with Gasteiger partial charge >= 0.3 is 0 Å². The summed E-state index contributed by atoms with van der Waals surface area (Å²) in [5, 5.41) is 11.3. The fraction of sp³-hybridized carbons (Fsp3) is 0.333. The number of aryl methyl sites for hydroxylation is 1. The number of nitrogens with zero attached hydrogens (tertiary/aromatic N) is 5. The molecule has 0 radical (unpaired) electrons. The maximum atomic E-state index is 14.1. The third-order valence-electron chi connectivity index (χ3n) is 9.14. The van der Waals surface area contributed by atoms with Crippen molar-refractivity contribution in [3.8, 4) is 11.8 Å². The van der Waals surface area contributed by atoms with Crippen LogP contribution in [-0.2, 0) is 6.42 Å². The Labute approximate surface area is 266 Å². The van der Waals surface area contributed by atoms with Crippen LogP contribution in [0.1, 0.15) is 70.8 Å². The summed E-state index contributed by atoms with van der Waals surface area (Å²) in [5.41, 5.74) is 8.96. The minimum absolute atomic E-state index is 0.132. The number of primary amides is 1. The van der Waals surface area contributed by atoms with Gasteiger partial charge in [-0.2, -0.15) is 0 Å². The first kappa shape index (κ1) is 31.1. The largest absolute Gasteiger partial charge is 0.394 e. The Balaban J connectivity index is 1.37. The van der Waals surface area contributed by atoms with Crippen LogP contribution in [0.2, 0.25) is 0 Å². The number of carbonyl (C=O) groups is 1. The van der Waals surface area contributed by atoms with E-state index in [4.69, 9.17) is 10.7 Å². The molecule has 6 rings (SSSR count). The van der Waals surface area contributed by atoms with Gasteiger partial charge in [-0.15, -0.1) is 0 Å². The Morgan fingerprint density at radius 1 is 1.11 bits per heavy atom. The lowest BCUT2D eigenvalue weighted by atomic mass is 9.90. The highest BCUT2D eigenvalue weighted by Gasteiger charge is 2.27. The average Bonchev–Trinajstić information content (AvgIpc) is 3.38. The minimum Gasteiger partial charge on any atom is -0.394 e. The summed E-state index contributed by atoms with van der Waals surface area (Å²) in [5.74, 6) is 5.96. The molecule has 46 heavy (non-hydrogen) atoms. The monoisotopic (exact) mass is 620 g/mol. The molecular weight excluding hydrogens is 583 g/mol. The van der Waals surface area contributed by atoms with Crippen LogP contribution >= 0.6 is 0 Å². The number of nitrogens with two attached hydrogens (primary N) is 1. The molecule has 0 saturated heterocycles. The quantitative estimate of drug-likeness (QED) is 0.259. The van der Waals surface area contributed by atoms with Gasteiger partial charge in [0.1, 0.15) is 22.7 Å². The summed E-state index contributed by atoms with van der Waals surface area (Å²) < 4.78 is 17.7. The summed E-state index contributed by atoms with van der Waals surface area (Å²) in [6, 6.07) is 14.5. The predicted molar refractivity (Wildman–Crippen MR) is 176 cm³/mol. The van der Waals surface area contributed by atoms with Crippen molar-refractivity contribution in [2.45, 2.75) is 57.2 Å². The first-order valence-corrected chi connectivity index (χ1v) is 15.5. The summed E-state index contributed by atoms with van der Waals surface area (Å²) in [4.78, 5) is 37.2. The van der Waals surface area contributed by atoms with Crippen LogP contribution < -0.4 is 11.3 Å². The number of halogens is 1. The molecule has 10 heteroatoms. The normalized spacial score (nSPS) is 17.3. The predicted octanol–water partition coefficient (Wildman–Crippen LogP) is 4.51. The van der Waals surface area contributed by atoms with Crippen molar-refractivity contribution in [3.63, 3.8) is 0 Å². The number of hydrogen-bond acceptors (Lipinski definition) is 6. The van der Waals surface area contributed by atoms with Crippen LogP contribution in [0.5, 0.6) is 0 Å². The maximum Gasteiger partial charge on any atom is 0.264 e. The highest BCUT2D eigenvalue weighted by molar-refractivity contribution is 6.03. The molecule has 1 aliphatic rings. The Morgan fingerprint density at radius 2 is 1.89 bits per heavy atom. The Kier molecular flexibility index (Phi) is 8.71. The van der Waals surface area contributed by atoms with Gasteiger partial charge in [0.2, 0.25) is 0 Å². The Morgan fingerprint density at radius 3 is 2.59 bits per heavy atom. The zero-order chi connectivity index (χ0) is 32.5. The van der Waals surface area contributed by atoms with Gasteiger partial charge in [0.25, 0.3) is 11.5 Å². The molecule has 3 aromatic heterocycles. The summed E-state index contributed by atoms with van der Waals surface area (Å²) in [6.45, 7) is 1.56. The topological polar surface area (TPSA) is 119 Å². The van der Waals surface area contributed by atoms with Gasteiger partial charge in [-0.1, -0.05) is 24.0 Å². The number of aromatic nitrogens is 4. The lowest BCUT2D eigenvalue weighted by molar-refractivity contribution is 0.0997. The van der Waals surface area contributed by atoms with Crippen molar-refractivity contribution in [2.24, 2.45) is 5.73 Å². The summed E-state index contributed by atoms with van der Waals surface area (Å²) in [6.07, 6.45) is 6.41. The first-order valence-electron chi connectivity index (χ1n) is 15.5. The SMILES string of the molecule is Cc1nc2cnc3ccc(C#CCc4ccc(C(N)=O)c(=O)n4[C@@H](CO)c4cccc(F)c4)cc3c2n1C1CCC(N(C)C)CC1. The smallest absolute Gasteiger partial charge is 0.264 e. The van der Waals surface area contributed by atoms with Crippen molar-refractivity contribution in [2.75, 3.05) is 20.7 Å². The van der Waals surface area contributed by atoms with Gasteiger partial charge in [0, 0.05) is 35.1 Å². The highest BCUT2D eigenvalue weighted by Crippen LogP contribution is 2.36. The Bertz CT molecular complexity index is 2060. The van der Waals surface area contributed by atoms with E-state index in [-0.39, 0.29) is 12.0 Å². The van der Waals surface area contributed by atoms with E-state index in [1.54, 1.807) is 12.1 Å². The van der Waals surface area contributed by atoms with E-state index in [2.05, 4.69) is 47.3 Å².